The molecule has 2 aliphatic rings. The van der Waals surface area contributed by atoms with Crippen molar-refractivity contribution in [3.05, 3.63) is 338 Å². The van der Waals surface area contributed by atoms with E-state index in [2.05, 4.69) is 157 Å². The van der Waals surface area contributed by atoms with Gasteiger partial charge in [-0.15, -0.1) is 0 Å². The van der Waals surface area contributed by atoms with Crippen LogP contribution in [-0.2, 0) is 16.2 Å². The smallest absolute Gasteiger partial charge is 0.252 e. The number of para-hydroxylation sites is 4. The van der Waals surface area contributed by atoms with E-state index in [1.54, 1.807) is 4.57 Å². The Morgan fingerprint density at radius 3 is 1.17 bits per heavy atom. The second-order valence-electron chi connectivity index (χ2n) is 30.9. The Bertz CT molecular complexity index is 7160. The minimum Gasteiger partial charge on any atom is -0.311 e. The lowest BCUT2D eigenvalue weighted by Gasteiger charge is -2.45. The van der Waals surface area contributed by atoms with E-state index in [0.29, 0.717) is 73.4 Å². The number of hydrogen-bond donors (Lipinski definition) is 0. The van der Waals surface area contributed by atoms with Crippen molar-refractivity contribution >= 4 is 101 Å². The van der Waals surface area contributed by atoms with Crippen molar-refractivity contribution in [1.29, 1.82) is 0 Å². The third-order valence-electron chi connectivity index (χ3n) is 21.1. The predicted octanol–water partition coefficient (Wildman–Crippen LogP) is 24.0. The lowest BCUT2D eigenvalue weighted by Crippen LogP contribution is -2.61. The van der Waals surface area contributed by atoms with Crippen LogP contribution >= 0.6 is 0 Å². The van der Waals surface area contributed by atoms with E-state index in [-0.39, 0.29) is 71.6 Å². The fourth-order valence-corrected chi connectivity index (χ4v) is 15.6. The molecule has 19 rings (SSSR count). The fourth-order valence-electron chi connectivity index (χ4n) is 15.6. The zero-order valence-corrected chi connectivity index (χ0v) is 60.6. The van der Waals surface area contributed by atoms with E-state index < -0.39 is 109 Å². The molecule has 107 heavy (non-hydrogen) atoms. The molecule has 8 heteroatoms. The van der Waals surface area contributed by atoms with E-state index in [0.717, 1.165) is 55.5 Å². The zero-order chi connectivity index (χ0) is 86.5. The van der Waals surface area contributed by atoms with E-state index in [9.17, 15) is 19.2 Å². The molecule has 14 aromatic carbocycles. The van der Waals surface area contributed by atoms with Crippen LogP contribution in [0.5, 0.6) is 0 Å². The van der Waals surface area contributed by atoms with E-state index in [1.807, 2.05) is 140 Å². The lowest BCUT2D eigenvalue weighted by molar-refractivity contribution is 0.569. The number of benzene rings is 14. The van der Waals surface area contributed by atoms with Crippen LogP contribution in [0.25, 0.3) is 123 Å². The normalized spacial score (nSPS) is 14.9. The number of nitrogens with zero attached hydrogens (tertiary/aromatic N) is 7. The van der Waals surface area contributed by atoms with Crippen LogP contribution in [0.2, 0.25) is 0 Å². The predicted molar refractivity (Wildman–Crippen MR) is 451 cm³/mol. The lowest BCUT2D eigenvalue weighted by atomic mass is 9.33. The van der Waals surface area contributed by atoms with Crippen molar-refractivity contribution in [1.82, 2.24) is 24.1 Å². The molecule has 5 heterocycles. The van der Waals surface area contributed by atoms with Crippen molar-refractivity contribution in [2.75, 3.05) is 9.80 Å². The summed E-state index contributed by atoms with van der Waals surface area (Å²) in [5.41, 5.74) is 14.6. The van der Waals surface area contributed by atoms with Crippen LogP contribution in [0.4, 0.5) is 34.1 Å². The Hall–Kier alpha value is -12.6. The average Bonchev–Trinajstić information content (AvgIpc) is 1.59. The quantitative estimate of drug-likeness (QED) is 0.128. The summed E-state index contributed by atoms with van der Waals surface area (Å²) in [6.45, 7) is 18.8. The average molecular weight is 1390 g/mol. The molecule has 7 nitrogen and oxygen atoms in total. The largest absolute Gasteiger partial charge is 0.311 e. The van der Waals surface area contributed by atoms with Gasteiger partial charge in [0.1, 0.15) is 0 Å². The molecule has 3 aromatic heterocycles. The van der Waals surface area contributed by atoms with Gasteiger partial charge >= 0.3 is 0 Å². The molecule has 0 N–H and O–H groups in total. The molecule has 17 aromatic rings. The van der Waals surface area contributed by atoms with Gasteiger partial charge in [-0.25, -0.2) is 15.0 Å². The number of rotatable bonds is 10. The third kappa shape index (κ3) is 11.1. The first-order valence-electron chi connectivity index (χ1n) is 44.1. The van der Waals surface area contributed by atoms with E-state index in [1.165, 1.54) is 4.57 Å². The first-order valence-corrected chi connectivity index (χ1v) is 36.1. The van der Waals surface area contributed by atoms with Crippen molar-refractivity contribution < 1.29 is 21.9 Å². The topological polar surface area (TPSA) is 55.0 Å². The van der Waals surface area contributed by atoms with Crippen LogP contribution in [0.15, 0.2) is 321 Å². The van der Waals surface area contributed by atoms with Crippen molar-refractivity contribution in [2.45, 2.75) is 78.6 Å². The van der Waals surface area contributed by atoms with Crippen LogP contribution in [0, 0.1) is 0 Å². The van der Waals surface area contributed by atoms with Crippen molar-refractivity contribution in [3.63, 3.8) is 0 Å². The molecule has 0 atom stereocenters. The van der Waals surface area contributed by atoms with Crippen molar-refractivity contribution in [3.8, 4) is 78.9 Å². The minimum atomic E-state index is -0.816. The first kappa shape index (κ1) is 49.9. The van der Waals surface area contributed by atoms with Gasteiger partial charge in [0, 0.05) is 72.2 Å². The number of hydrogen-bond acceptors (Lipinski definition) is 5. The Kier molecular flexibility index (Phi) is 11.7. The molecule has 0 radical (unpaired) electrons. The summed E-state index contributed by atoms with van der Waals surface area (Å²) < 4.78 is 157. The summed E-state index contributed by atoms with van der Waals surface area (Å²) in [4.78, 5) is 20.5. The van der Waals surface area contributed by atoms with E-state index in [4.69, 9.17) is 17.7 Å². The molecule has 0 spiro atoms. The molecule has 0 amide bonds. The highest BCUT2D eigenvalue weighted by Crippen LogP contribution is 2.52. The van der Waals surface area contributed by atoms with Crippen LogP contribution in [-0.4, -0.2) is 30.8 Å². The van der Waals surface area contributed by atoms with Gasteiger partial charge in [0.05, 0.1) is 61.1 Å². The maximum absolute atomic E-state index is 10.2. The van der Waals surface area contributed by atoms with Gasteiger partial charge in [-0.1, -0.05) is 305 Å². The second-order valence-corrected chi connectivity index (χ2v) is 30.9. The van der Waals surface area contributed by atoms with Gasteiger partial charge in [-0.3, -0.25) is 0 Å². The van der Waals surface area contributed by atoms with Crippen molar-refractivity contribution in [2.24, 2.45) is 0 Å². The molecule has 0 fully saturated rings. The monoisotopic (exact) mass is 1390 g/mol. The maximum Gasteiger partial charge on any atom is 0.252 e. The van der Waals surface area contributed by atoms with Crippen LogP contribution < -0.4 is 26.2 Å². The van der Waals surface area contributed by atoms with Gasteiger partial charge in [-0.2, -0.15) is 0 Å². The van der Waals surface area contributed by atoms with Gasteiger partial charge in [-0.05, 0) is 156 Å². The highest BCUT2D eigenvalue weighted by atomic mass is 15.2. The summed E-state index contributed by atoms with van der Waals surface area (Å²) in [7, 11) is 0. The summed E-state index contributed by atoms with van der Waals surface area (Å²) in [5.74, 6) is 0.951. The molecule has 0 saturated heterocycles. The Labute approximate surface area is 649 Å². The van der Waals surface area contributed by atoms with E-state index >= 15 is 0 Å². The highest BCUT2D eigenvalue weighted by molar-refractivity contribution is 7.00. The Morgan fingerprint density at radius 2 is 0.673 bits per heavy atom. The molecule has 0 bridgehead atoms. The summed E-state index contributed by atoms with van der Waals surface area (Å²) in [6, 6.07) is 66.0. The first-order chi connectivity index (χ1) is 58.6. The fraction of sp³-hybridized carbons (Fsp3) is 0.121. The summed E-state index contributed by atoms with van der Waals surface area (Å²) >= 11 is 0. The molecular formula is C99H80BN7. The number of aromatic nitrogens is 5. The van der Waals surface area contributed by atoms with Gasteiger partial charge in [0.15, 0.2) is 17.5 Å². The molecule has 0 aliphatic carbocycles. The van der Waals surface area contributed by atoms with Crippen LogP contribution in [0.3, 0.4) is 0 Å². The molecule has 0 saturated carbocycles. The number of anilines is 6. The molecule has 2 aliphatic heterocycles. The highest BCUT2D eigenvalue weighted by Gasteiger charge is 2.46. The second kappa shape index (κ2) is 25.0. The van der Waals surface area contributed by atoms with Gasteiger partial charge < -0.3 is 18.9 Å². The standard InChI is InChI=1S/C99H80BN7/c1-97(2,3)70-48-53-88(80(59-70)96-102-94(65-34-18-12-19-35-65)101-95(103-96)66-36-20-13-21-37-66)107-90-60-73(104-83-42-26-22-38-75(83)76-39-23-27-43-84(76)104)49-51-82(90)100-81-50-46-68(69-54-71(98(4,5)6)58-72(55-69)99(7,8)9)57-89(81)106(87-52-47-67(63-30-14-10-15-31-63)56-79(87)64-32-16-11-17-33-64)91-61-74(62-92(107)93(91)100)105-85-44-28-24-40-77(85)78-41-25-29-45-86(78)105/h10-62H,1-9H3/i22D,23D,24D,25D,26D,27D,28D,29D,38D,39D,40D,41D,42D,43D,44D,45D. The maximum atomic E-state index is 10.2. The van der Waals surface area contributed by atoms with Crippen LogP contribution in [0.1, 0.15) is 101 Å². The SMILES string of the molecule is [2H]c1c([2H])c([2H])c2c(c1[2H])c1c([2H])c([2H])c([2H])c([2H])c1n2-c1ccc2c(c1)N(c1ccc(C(C)(C)C)cc1-c1nc(-c3ccccc3)nc(-c3ccccc3)n1)c1cc(-n3c4c([2H])c([2H])c([2H])c([2H])c4c4c([2H])c([2H])c([2H])c([2H])c43)cc3c1B2c1ccc(-c2cc(C(C)(C)C)cc(C(C)(C)C)c2)cc1N3c1ccc(-c2ccccc2)cc1-c1ccccc1. The Balaban J connectivity index is 1.04. The molecular weight excluding hydrogens is 1300 g/mol. The van der Waals surface area contributed by atoms with Gasteiger partial charge in [0.25, 0.3) is 6.71 Å². The third-order valence-corrected chi connectivity index (χ3v) is 21.1. The minimum absolute atomic E-state index is 0.109. The Morgan fingerprint density at radius 1 is 0.280 bits per heavy atom. The molecule has 0 unspecified atom stereocenters. The number of fused-ring (bicyclic) bond motifs is 10. The zero-order valence-electron chi connectivity index (χ0n) is 76.6. The summed E-state index contributed by atoms with van der Waals surface area (Å²) in [5, 5.41) is -0.518. The summed E-state index contributed by atoms with van der Waals surface area (Å²) in [6.07, 6.45) is 0. The molecule has 514 valence electrons. The van der Waals surface area contributed by atoms with Gasteiger partial charge in [0.2, 0.25) is 0 Å².